The summed E-state index contributed by atoms with van der Waals surface area (Å²) in [4.78, 5) is 0.0709. The van der Waals surface area contributed by atoms with Crippen molar-refractivity contribution >= 4 is 17.2 Å². The first-order valence-corrected chi connectivity index (χ1v) is 5.55. The first-order valence-electron chi connectivity index (χ1n) is 5.14. The fourth-order valence-electron chi connectivity index (χ4n) is 1.60. The third-order valence-corrected chi connectivity index (χ3v) is 2.78. The standard InChI is InChI=1S/C12H12FN3S/c1-8-4-5-15-16(8)7-9-2-3-11(13)10(6-9)12(14)17/h2-6H,7H2,1H3,(H2,14,17). The van der Waals surface area contributed by atoms with Crippen molar-refractivity contribution < 1.29 is 4.39 Å². The van der Waals surface area contributed by atoms with E-state index in [0.717, 1.165) is 11.3 Å². The Morgan fingerprint density at radius 2 is 2.24 bits per heavy atom. The van der Waals surface area contributed by atoms with Gasteiger partial charge in [0.2, 0.25) is 0 Å². The summed E-state index contributed by atoms with van der Waals surface area (Å²) in [5, 5.41) is 4.17. The first-order chi connectivity index (χ1) is 8.08. The molecule has 0 saturated carbocycles. The van der Waals surface area contributed by atoms with Gasteiger partial charge in [-0.1, -0.05) is 18.3 Å². The van der Waals surface area contributed by atoms with Crippen LogP contribution in [0.2, 0.25) is 0 Å². The summed E-state index contributed by atoms with van der Waals surface area (Å²) >= 11 is 4.80. The Hall–Kier alpha value is -1.75. The van der Waals surface area contributed by atoms with E-state index in [1.165, 1.54) is 6.07 Å². The van der Waals surface area contributed by atoms with E-state index in [1.54, 1.807) is 18.3 Å². The molecule has 0 radical (unpaired) electrons. The Kier molecular flexibility index (Phi) is 3.19. The summed E-state index contributed by atoms with van der Waals surface area (Å²) in [7, 11) is 0. The molecule has 0 aliphatic rings. The summed E-state index contributed by atoms with van der Waals surface area (Å²) in [5.41, 5.74) is 7.70. The lowest BCUT2D eigenvalue weighted by molar-refractivity contribution is 0.621. The van der Waals surface area contributed by atoms with Gasteiger partial charge in [0.1, 0.15) is 10.8 Å². The SMILES string of the molecule is Cc1ccnn1Cc1ccc(F)c(C(N)=S)c1. The summed E-state index contributed by atoms with van der Waals surface area (Å²) in [6.45, 7) is 2.54. The number of benzene rings is 1. The smallest absolute Gasteiger partial charge is 0.133 e. The van der Waals surface area contributed by atoms with Gasteiger partial charge in [0.25, 0.3) is 0 Å². The van der Waals surface area contributed by atoms with Gasteiger partial charge >= 0.3 is 0 Å². The van der Waals surface area contributed by atoms with Crippen LogP contribution in [0.1, 0.15) is 16.8 Å². The van der Waals surface area contributed by atoms with E-state index < -0.39 is 5.82 Å². The summed E-state index contributed by atoms with van der Waals surface area (Å²) in [6.07, 6.45) is 1.73. The van der Waals surface area contributed by atoms with Crippen molar-refractivity contribution in [2.75, 3.05) is 0 Å². The zero-order chi connectivity index (χ0) is 12.4. The average molecular weight is 249 g/mol. The molecule has 2 rings (SSSR count). The van der Waals surface area contributed by atoms with Crippen LogP contribution in [0.15, 0.2) is 30.5 Å². The van der Waals surface area contributed by atoms with Crippen LogP contribution in [0, 0.1) is 12.7 Å². The molecule has 2 aromatic rings. The maximum absolute atomic E-state index is 13.4. The van der Waals surface area contributed by atoms with Crippen LogP contribution >= 0.6 is 12.2 Å². The van der Waals surface area contributed by atoms with Crippen LogP contribution in [0.3, 0.4) is 0 Å². The number of thiocarbonyl (C=S) groups is 1. The molecule has 0 saturated heterocycles. The van der Waals surface area contributed by atoms with E-state index >= 15 is 0 Å². The second-order valence-corrected chi connectivity index (χ2v) is 4.25. The highest BCUT2D eigenvalue weighted by Gasteiger charge is 2.07. The molecule has 0 bridgehead atoms. The minimum atomic E-state index is -0.390. The van der Waals surface area contributed by atoms with E-state index in [1.807, 2.05) is 17.7 Å². The molecule has 3 nitrogen and oxygen atoms in total. The van der Waals surface area contributed by atoms with Crippen molar-refractivity contribution in [3.63, 3.8) is 0 Å². The van der Waals surface area contributed by atoms with Crippen LogP contribution in [0.4, 0.5) is 4.39 Å². The molecule has 17 heavy (non-hydrogen) atoms. The van der Waals surface area contributed by atoms with Crippen molar-refractivity contribution in [2.24, 2.45) is 5.73 Å². The lowest BCUT2D eigenvalue weighted by Crippen LogP contribution is -2.13. The predicted octanol–water partition coefficient (Wildman–Crippen LogP) is 2.01. The molecule has 1 aromatic heterocycles. The molecule has 0 aliphatic carbocycles. The number of aromatic nitrogens is 2. The van der Waals surface area contributed by atoms with Crippen LogP contribution in [0.5, 0.6) is 0 Å². The largest absolute Gasteiger partial charge is 0.389 e. The zero-order valence-electron chi connectivity index (χ0n) is 9.35. The zero-order valence-corrected chi connectivity index (χ0v) is 10.2. The van der Waals surface area contributed by atoms with Gasteiger partial charge in [0.15, 0.2) is 0 Å². The van der Waals surface area contributed by atoms with Crippen molar-refractivity contribution in [3.05, 3.63) is 53.1 Å². The molecule has 0 amide bonds. The summed E-state index contributed by atoms with van der Waals surface area (Å²) in [6, 6.07) is 6.66. The predicted molar refractivity (Wildman–Crippen MR) is 68.4 cm³/mol. The van der Waals surface area contributed by atoms with Gasteiger partial charge in [-0.3, -0.25) is 4.68 Å². The molecule has 2 N–H and O–H groups in total. The number of hydrogen-bond acceptors (Lipinski definition) is 2. The quantitative estimate of drug-likeness (QED) is 0.846. The topological polar surface area (TPSA) is 43.8 Å². The summed E-state index contributed by atoms with van der Waals surface area (Å²) in [5.74, 6) is -0.390. The van der Waals surface area contributed by atoms with Crippen LogP contribution in [-0.4, -0.2) is 14.8 Å². The Bertz CT molecular complexity index is 563. The molecule has 0 fully saturated rings. The number of nitrogens with zero attached hydrogens (tertiary/aromatic N) is 2. The van der Waals surface area contributed by atoms with Gasteiger partial charge in [-0.25, -0.2) is 4.39 Å². The van der Waals surface area contributed by atoms with Gasteiger partial charge in [-0.2, -0.15) is 5.10 Å². The fourth-order valence-corrected chi connectivity index (χ4v) is 1.75. The van der Waals surface area contributed by atoms with E-state index in [9.17, 15) is 4.39 Å². The monoisotopic (exact) mass is 249 g/mol. The minimum absolute atomic E-state index is 0.0709. The second-order valence-electron chi connectivity index (χ2n) is 3.81. The van der Waals surface area contributed by atoms with Crippen molar-refractivity contribution in [2.45, 2.75) is 13.5 Å². The van der Waals surface area contributed by atoms with E-state index in [-0.39, 0.29) is 10.6 Å². The average Bonchev–Trinajstić information content (AvgIpc) is 2.67. The van der Waals surface area contributed by atoms with Gasteiger partial charge in [0, 0.05) is 17.5 Å². The highest BCUT2D eigenvalue weighted by Crippen LogP contribution is 2.12. The number of rotatable bonds is 3. The third-order valence-electron chi connectivity index (χ3n) is 2.56. The van der Waals surface area contributed by atoms with Gasteiger partial charge in [-0.15, -0.1) is 0 Å². The van der Waals surface area contributed by atoms with Gasteiger partial charge in [0.05, 0.1) is 6.54 Å². The Morgan fingerprint density at radius 1 is 1.47 bits per heavy atom. The minimum Gasteiger partial charge on any atom is -0.389 e. The van der Waals surface area contributed by atoms with E-state index in [4.69, 9.17) is 18.0 Å². The molecule has 1 aromatic carbocycles. The number of hydrogen-bond donors (Lipinski definition) is 1. The van der Waals surface area contributed by atoms with Crippen LogP contribution in [0.25, 0.3) is 0 Å². The van der Waals surface area contributed by atoms with Gasteiger partial charge < -0.3 is 5.73 Å². The molecular formula is C12H12FN3S. The number of aryl methyl sites for hydroxylation is 1. The van der Waals surface area contributed by atoms with E-state index in [0.29, 0.717) is 6.54 Å². The lowest BCUT2D eigenvalue weighted by Gasteiger charge is -2.07. The van der Waals surface area contributed by atoms with Crippen molar-refractivity contribution in [3.8, 4) is 0 Å². The molecular weight excluding hydrogens is 237 g/mol. The highest BCUT2D eigenvalue weighted by molar-refractivity contribution is 7.80. The first kappa shape index (κ1) is 11.7. The van der Waals surface area contributed by atoms with Crippen LogP contribution < -0.4 is 5.73 Å². The Labute approximate surface area is 104 Å². The molecule has 5 heteroatoms. The Balaban J connectivity index is 2.32. The lowest BCUT2D eigenvalue weighted by atomic mass is 10.1. The Morgan fingerprint density at radius 3 is 2.82 bits per heavy atom. The fraction of sp³-hybridized carbons (Fsp3) is 0.167. The molecule has 88 valence electrons. The van der Waals surface area contributed by atoms with E-state index in [2.05, 4.69) is 5.10 Å². The van der Waals surface area contributed by atoms with Gasteiger partial charge in [-0.05, 0) is 30.7 Å². The number of nitrogens with two attached hydrogens (primary N) is 1. The molecule has 1 heterocycles. The normalized spacial score (nSPS) is 10.5. The van der Waals surface area contributed by atoms with Crippen LogP contribution in [-0.2, 0) is 6.54 Å². The molecule has 0 unspecified atom stereocenters. The highest BCUT2D eigenvalue weighted by atomic mass is 32.1. The third kappa shape index (κ3) is 2.50. The van der Waals surface area contributed by atoms with Crippen molar-refractivity contribution in [1.82, 2.24) is 9.78 Å². The second kappa shape index (κ2) is 4.63. The maximum Gasteiger partial charge on any atom is 0.133 e. The molecule has 0 aliphatic heterocycles. The summed E-state index contributed by atoms with van der Waals surface area (Å²) < 4.78 is 15.2. The molecule has 0 spiro atoms. The number of halogens is 1. The van der Waals surface area contributed by atoms with Crippen molar-refractivity contribution in [1.29, 1.82) is 0 Å². The molecule has 0 atom stereocenters. The maximum atomic E-state index is 13.4.